The maximum Gasteiger partial charge on any atom is 0.404 e. The average Bonchev–Trinajstić information content (AvgIpc) is 3.53. The van der Waals surface area contributed by atoms with Crippen molar-refractivity contribution < 1.29 is 33.6 Å². The molecule has 7 nitrogen and oxygen atoms in total. The van der Waals surface area contributed by atoms with Crippen LogP contribution < -0.4 is 0 Å². The molecule has 1 N–H and O–H groups in total. The van der Waals surface area contributed by atoms with Crippen LogP contribution in [0.3, 0.4) is 0 Å². The van der Waals surface area contributed by atoms with Crippen molar-refractivity contribution in [3.8, 4) is 0 Å². The Morgan fingerprint density at radius 3 is 2.86 bits per heavy atom. The van der Waals surface area contributed by atoms with E-state index in [1.807, 2.05) is 0 Å². The van der Waals surface area contributed by atoms with Crippen LogP contribution in [0.15, 0.2) is 11.1 Å². The van der Waals surface area contributed by atoms with Gasteiger partial charge in [0.2, 0.25) is 0 Å². The van der Waals surface area contributed by atoms with E-state index in [1.54, 1.807) is 0 Å². The molecule has 2 spiro atoms. The summed E-state index contributed by atoms with van der Waals surface area (Å²) in [6.45, 7) is 4.40. The minimum absolute atomic E-state index is 0.0707. The first kappa shape index (κ1) is 17.5. The largest absolute Gasteiger partial charge is 0.458 e. The molecule has 29 heavy (non-hydrogen) atoms. The number of esters is 1. The number of hydrogen-bond donors (Lipinski definition) is 1. The highest BCUT2D eigenvalue weighted by atomic mass is 35.5. The molecule has 0 aromatic heterocycles. The highest BCUT2D eigenvalue weighted by molar-refractivity contribution is 6.61. The molecule has 0 bridgehead atoms. The lowest BCUT2D eigenvalue weighted by Crippen LogP contribution is -2.69. The van der Waals surface area contributed by atoms with Crippen LogP contribution in [-0.2, 0) is 23.7 Å². The van der Waals surface area contributed by atoms with Crippen LogP contribution in [0.4, 0.5) is 4.79 Å². The Bertz CT molecular complexity index is 930. The van der Waals surface area contributed by atoms with Crippen LogP contribution in [0, 0.1) is 23.2 Å². The van der Waals surface area contributed by atoms with Gasteiger partial charge >= 0.3 is 11.4 Å². The van der Waals surface area contributed by atoms with Gasteiger partial charge in [0.05, 0.1) is 17.8 Å². The minimum Gasteiger partial charge on any atom is -0.458 e. The lowest BCUT2D eigenvalue weighted by Gasteiger charge is -2.54. The molecule has 0 aromatic carbocycles. The van der Waals surface area contributed by atoms with Gasteiger partial charge in [0.15, 0.2) is 6.10 Å². The second-order valence-corrected chi connectivity index (χ2v) is 10.6. The van der Waals surface area contributed by atoms with E-state index >= 15 is 0 Å². The summed E-state index contributed by atoms with van der Waals surface area (Å²) in [6.07, 6.45) is 1.52. The van der Waals surface area contributed by atoms with Gasteiger partial charge in [-0.2, -0.15) is 0 Å². The number of cyclic esters (lactones) is 1. The maximum absolute atomic E-state index is 12.2. The third-order valence-corrected chi connectivity index (χ3v) is 9.52. The first-order chi connectivity index (χ1) is 13.7. The zero-order chi connectivity index (χ0) is 20.1. The Kier molecular flexibility index (Phi) is 2.83. The number of halogens is 1. The van der Waals surface area contributed by atoms with Crippen LogP contribution in [0.2, 0.25) is 0 Å². The van der Waals surface area contributed by atoms with Gasteiger partial charge in [-0.25, -0.2) is 9.59 Å². The van der Waals surface area contributed by atoms with Gasteiger partial charge in [-0.05, 0) is 37.2 Å². The van der Waals surface area contributed by atoms with Crippen molar-refractivity contribution in [2.75, 3.05) is 6.61 Å². The summed E-state index contributed by atoms with van der Waals surface area (Å²) in [6, 6.07) is 0. The fourth-order valence-corrected chi connectivity index (χ4v) is 8.36. The summed E-state index contributed by atoms with van der Waals surface area (Å²) in [7, 11) is 0. The van der Waals surface area contributed by atoms with Gasteiger partial charge in [-0.15, -0.1) is 0 Å². The van der Waals surface area contributed by atoms with Gasteiger partial charge in [-0.1, -0.05) is 13.8 Å². The van der Waals surface area contributed by atoms with Crippen LogP contribution in [0.25, 0.3) is 0 Å². The van der Waals surface area contributed by atoms with E-state index in [0.29, 0.717) is 19.3 Å². The first-order valence-corrected chi connectivity index (χ1v) is 10.9. The molecule has 0 aromatic rings. The monoisotopic (exact) mass is 422 g/mol. The van der Waals surface area contributed by atoms with Crippen molar-refractivity contribution in [3.05, 3.63) is 11.1 Å². The van der Waals surface area contributed by atoms with Crippen LogP contribution in [0.1, 0.15) is 39.5 Å². The predicted molar refractivity (Wildman–Crippen MR) is 97.0 cm³/mol. The topological polar surface area (TPSA) is 97.9 Å². The Morgan fingerprint density at radius 2 is 2.14 bits per heavy atom. The second kappa shape index (κ2) is 4.69. The van der Waals surface area contributed by atoms with E-state index in [0.717, 1.165) is 17.6 Å². The van der Waals surface area contributed by atoms with Gasteiger partial charge in [0.1, 0.15) is 17.8 Å². The van der Waals surface area contributed by atoms with E-state index in [1.165, 1.54) is 0 Å². The van der Waals surface area contributed by atoms with Crippen molar-refractivity contribution in [1.29, 1.82) is 0 Å². The lowest BCUT2D eigenvalue weighted by molar-refractivity contribution is -0.164. The number of epoxide rings is 2. The van der Waals surface area contributed by atoms with E-state index in [9.17, 15) is 14.7 Å². The van der Waals surface area contributed by atoms with Crippen molar-refractivity contribution in [2.24, 2.45) is 23.2 Å². The van der Waals surface area contributed by atoms with Crippen LogP contribution >= 0.6 is 11.6 Å². The summed E-state index contributed by atoms with van der Waals surface area (Å²) in [5.74, 6) is -0.128. The molecule has 8 heteroatoms. The zero-order valence-electron chi connectivity index (χ0n) is 16.3. The summed E-state index contributed by atoms with van der Waals surface area (Å²) in [5.41, 5.74) is -2.10. The fourth-order valence-electron chi connectivity index (χ4n) is 8.27. The van der Waals surface area contributed by atoms with Gasteiger partial charge in [0.25, 0.3) is 0 Å². The SMILES string of the molecule is CC(C)C12OC1C1CC13C1(O)CCC4=C(COC4=O)C1CC1OC13C2OC(=O)Cl. The Hall–Kier alpha value is -1.15. The molecule has 0 radical (unpaired) electrons. The van der Waals surface area contributed by atoms with Crippen molar-refractivity contribution in [2.45, 2.75) is 74.6 Å². The number of fused-ring (bicyclic) bond motifs is 4. The van der Waals surface area contributed by atoms with E-state index in [4.69, 9.17) is 30.5 Å². The first-order valence-electron chi connectivity index (χ1n) is 10.6. The predicted octanol–water partition coefficient (Wildman–Crippen LogP) is 2.08. The molecule has 9 atom stereocenters. The summed E-state index contributed by atoms with van der Waals surface area (Å²) in [4.78, 5) is 24.0. The second-order valence-electron chi connectivity index (χ2n) is 10.3. The van der Waals surface area contributed by atoms with E-state index in [2.05, 4.69) is 13.8 Å². The molecule has 5 fully saturated rings. The highest BCUT2D eigenvalue weighted by Crippen LogP contribution is 2.88. The standard InChI is InChI=1S/C21H23ClO7/c1-8(2)20-14(29-20)12-6-18(12)19(25)4-3-9-10(7-26-15(9)23)11(19)5-13-21(18,28-13)16(20)27-17(22)24/h8,11-14,16,25H,3-7H2,1-2H3. The quantitative estimate of drug-likeness (QED) is 0.413. The molecule has 3 saturated carbocycles. The fraction of sp³-hybridized carbons (Fsp3) is 0.810. The molecule has 7 rings (SSSR count). The molecule has 156 valence electrons. The number of rotatable bonds is 2. The Balaban J connectivity index is 1.38. The third kappa shape index (κ3) is 1.57. The maximum atomic E-state index is 12.2. The number of carbonyl (C=O) groups excluding carboxylic acids is 2. The minimum atomic E-state index is -1.02. The smallest absolute Gasteiger partial charge is 0.404 e. The molecular weight excluding hydrogens is 400 g/mol. The molecule has 2 saturated heterocycles. The van der Waals surface area contributed by atoms with Crippen LogP contribution in [0.5, 0.6) is 0 Å². The number of ether oxygens (including phenoxy) is 4. The highest BCUT2D eigenvalue weighted by Gasteiger charge is 3.00. The molecule has 3 heterocycles. The van der Waals surface area contributed by atoms with Gasteiger partial charge < -0.3 is 24.1 Å². The molecule has 3 aliphatic heterocycles. The molecule has 9 unspecified atom stereocenters. The number of aliphatic hydroxyl groups is 1. The summed E-state index contributed by atoms with van der Waals surface area (Å²) >= 11 is 5.70. The Morgan fingerprint density at radius 1 is 1.34 bits per heavy atom. The van der Waals surface area contributed by atoms with Crippen LogP contribution in [-0.4, -0.2) is 58.2 Å². The van der Waals surface area contributed by atoms with Gasteiger partial charge in [0, 0.05) is 34.4 Å². The molecular formula is C21H23ClO7. The van der Waals surface area contributed by atoms with Crippen molar-refractivity contribution in [3.63, 3.8) is 0 Å². The lowest BCUT2D eigenvalue weighted by atomic mass is 9.50. The zero-order valence-corrected chi connectivity index (χ0v) is 17.0. The normalized spacial score (nSPS) is 57.6. The summed E-state index contributed by atoms with van der Waals surface area (Å²) in [5, 5.41) is 12.2. The Labute approximate surface area is 172 Å². The molecule has 4 aliphatic carbocycles. The average molecular weight is 423 g/mol. The van der Waals surface area contributed by atoms with Gasteiger partial charge in [-0.3, -0.25) is 0 Å². The van der Waals surface area contributed by atoms with Crippen molar-refractivity contribution in [1.82, 2.24) is 0 Å². The summed E-state index contributed by atoms with van der Waals surface area (Å²) < 4.78 is 23.7. The molecule has 7 aliphatic rings. The third-order valence-electron chi connectivity index (χ3n) is 9.43. The molecule has 0 amide bonds. The van der Waals surface area contributed by atoms with E-state index in [-0.39, 0.29) is 42.5 Å². The van der Waals surface area contributed by atoms with E-state index < -0.39 is 33.8 Å². The number of carbonyl (C=O) groups is 2. The number of hydrogen-bond acceptors (Lipinski definition) is 7. The van der Waals surface area contributed by atoms with Crippen molar-refractivity contribution >= 4 is 23.0 Å².